The Labute approximate surface area is 183 Å². The quantitative estimate of drug-likeness (QED) is 0.195. The van der Waals surface area contributed by atoms with E-state index >= 15 is 0 Å². The second-order valence-electron chi connectivity index (χ2n) is 6.35. The van der Waals surface area contributed by atoms with E-state index in [-0.39, 0.29) is 5.56 Å². The summed E-state index contributed by atoms with van der Waals surface area (Å²) in [5.74, 6) is -1.13. The van der Waals surface area contributed by atoms with Crippen LogP contribution in [0, 0.1) is 5.82 Å². The molecule has 0 fully saturated rings. The van der Waals surface area contributed by atoms with Gasteiger partial charge in [0.2, 0.25) is 0 Å². The van der Waals surface area contributed by atoms with E-state index in [9.17, 15) is 9.18 Å². The number of carbonyl (C=O) groups excluding carboxylic acids is 1. The first-order valence-corrected chi connectivity index (χ1v) is 10.2. The van der Waals surface area contributed by atoms with Crippen LogP contribution in [-0.2, 0) is 17.8 Å². The SMILES string of the molecule is CC.CNC.O=C(/C=C/c1ccc(CNCCc2cccc3ccoc23)cc1F)NO. The van der Waals surface area contributed by atoms with Gasteiger partial charge >= 0.3 is 0 Å². The minimum absolute atomic E-state index is 0.279. The van der Waals surface area contributed by atoms with Gasteiger partial charge in [-0.3, -0.25) is 10.0 Å². The van der Waals surface area contributed by atoms with Crippen molar-refractivity contribution in [2.24, 2.45) is 0 Å². The summed E-state index contributed by atoms with van der Waals surface area (Å²) in [6.45, 7) is 5.27. The van der Waals surface area contributed by atoms with Gasteiger partial charge in [-0.1, -0.05) is 44.2 Å². The lowest BCUT2D eigenvalue weighted by Crippen LogP contribution is -2.17. The number of carbonyl (C=O) groups is 1. The van der Waals surface area contributed by atoms with E-state index in [1.165, 1.54) is 17.6 Å². The first-order chi connectivity index (χ1) is 15.1. The summed E-state index contributed by atoms with van der Waals surface area (Å²) in [5.41, 5.74) is 4.58. The van der Waals surface area contributed by atoms with E-state index < -0.39 is 11.7 Å². The van der Waals surface area contributed by atoms with E-state index in [1.54, 1.807) is 18.4 Å². The number of halogens is 1. The van der Waals surface area contributed by atoms with Crippen LogP contribution in [0.2, 0.25) is 0 Å². The number of nitrogens with one attached hydrogen (secondary N) is 3. The number of furan rings is 1. The molecule has 1 heterocycles. The van der Waals surface area contributed by atoms with E-state index in [4.69, 9.17) is 9.62 Å². The lowest BCUT2D eigenvalue weighted by molar-refractivity contribution is -0.124. The fraction of sp³-hybridized carbons (Fsp3) is 0.292. The molecule has 168 valence electrons. The van der Waals surface area contributed by atoms with E-state index in [1.807, 2.05) is 52.2 Å². The number of benzene rings is 2. The molecular formula is C24H32FN3O3. The van der Waals surface area contributed by atoms with Crippen LogP contribution in [0.5, 0.6) is 0 Å². The van der Waals surface area contributed by atoms with E-state index in [2.05, 4.69) is 10.6 Å². The number of amides is 1. The first-order valence-electron chi connectivity index (χ1n) is 10.2. The topological polar surface area (TPSA) is 86.5 Å². The van der Waals surface area contributed by atoms with Gasteiger partial charge in [-0.2, -0.15) is 0 Å². The highest BCUT2D eigenvalue weighted by molar-refractivity contribution is 5.90. The Morgan fingerprint density at radius 2 is 1.90 bits per heavy atom. The normalized spacial score (nSPS) is 10.3. The summed E-state index contributed by atoms with van der Waals surface area (Å²) < 4.78 is 19.5. The fourth-order valence-electron chi connectivity index (χ4n) is 2.73. The second-order valence-corrected chi connectivity index (χ2v) is 6.35. The monoisotopic (exact) mass is 429 g/mol. The molecule has 0 bridgehead atoms. The van der Waals surface area contributed by atoms with Crippen LogP contribution in [0.1, 0.15) is 30.5 Å². The van der Waals surface area contributed by atoms with Gasteiger partial charge < -0.3 is 15.1 Å². The molecule has 3 rings (SSSR count). The van der Waals surface area contributed by atoms with Crippen molar-refractivity contribution in [2.45, 2.75) is 26.8 Å². The van der Waals surface area contributed by atoms with Crippen molar-refractivity contribution in [3.05, 3.63) is 77.3 Å². The highest BCUT2D eigenvalue weighted by Crippen LogP contribution is 2.20. The molecule has 0 unspecified atom stereocenters. The van der Waals surface area contributed by atoms with Gasteiger partial charge in [-0.25, -0.2) is 9.87 Å². The van der Waals surface area contributed by atoms with Gasteiger partial charge in [0.25, 0.3) is 5.91 Å². The molecule has 0 saturated carbocycles. The summed E-state index contributed by atoms with van der Waals surface area (Å²) in [6, 6.07) is 12.8. The number of hydrogen-bond acceptors (Lipinski definition) is 5. The van der Waals surface area contributed by atoms with Crippen LogP contribution in [0.4, 0.5) is 4.39 Å². The molecule has 7 heteroatoms. The molecule has 0 radical (unpaired) electrons. The third kappa shape index (κ3) is 8.72. The lowest BCUT2D eigenvalue weighted by atomic mass is 10.1. The Morgan fingerprint density at radius 1 is 1.16 bits per heavy atom. The molecule has 6 nitrogen and oxygen atoms in total. The molecule has 0 aliphatic heterocycles. The zero-order valence-corrected chi connectivity index (χ0v) is 18.5. The van der Waals surface area contributed by atoms with E-state index in [0.29, 0.717) is 6.54 Å². The summed E-state index contributed by atoms with van der Waals surface area (Å²) in [5, 5.41) is 15.5. The predicted octanol–water partition coefficient (Wildman–Crippen LogP) is 4.28. The Bertz CT molecular complexity index is 954. The largest absolute Gasteiger partial charge is 0.464 e. The van der Waals surface area contributed by atoms with Crippen molar-refractivity contribution in [1.82, 2.24) is 16.1 Å². The van der Waals surface area contributed by atoms with Crippen LogP contribution in [0.3, 0.4) is 0 Å². The molecule has 2 aromatic carbocycles. The van der Waals surface area contributed by atoms with Crippen LogP contribution in [0.15, 0.2) is 59.2 Å². The minimum atomic E-state index is -0.707. The molecule has 0 aliphatic rings. The number of para-hydroxylation sites is 1. The Hall–Kier alpha value is -3.00. The van der Waals surface area contributed by atoms with Crippen LogP contribution in [0.25, 0.3) is 17.0 Å². The summed E-state index contributed by atoms with van der Waals surface area (Å²) >= 11 is 0. The van der Waals surface area contributed by atoms with Crippen molar-refractivity contribution < 1.29 is 18.8 Å². The van der Waals surface area contributed by atoms with Crippen molar-refractivity contribution in [1.29, 1.82) is 0 Å². The van der Waals surface area contributed by atoms with Crippen LogP contribution < -0.4 is 16.1 Å². The molecule has 0 atom stereocenters. The fourth-order valence-corrected chi connectivity index (χ4v) is 2.73. The number of fused-ring (bicyclic) bond motifs is 1. The standard InChI is InChI=1S/C20H19FN2O3.C2H7N.C2H6/c21-18-12-14(4-5-15(18)6-7-19(24)23-25)13-22-10-8-16-2-1-3-17-9-11-26-20(16)17;1-3-2;1-2/h1-7,9,11-12,22,25H,8,10,13H2,(H,23,24);3H,1-2H3;1-2H3/b7-6+;;. The Morgan fingerprint density at radius 3 is 2.58 bits per heavy atom. The maximum atomic E-state index is 14.0. The first kappa shape index (κ1) is 26.0. The van der Waals surface area contributed by atoms with E-state index in [0.717, 1.165) is 41.1 Å². The van der Waals surface area contributed by atoms with Gasteiger partial charge in [0, 0.05) is 23.6 Å². The Kier molecular flexibility index (Phi) is 12.5. The smallest absolute Gasteiger partial charge is 0.267 e. The molecule has 1 amide bonds. The van der Waals surface area contributed by atoms with Crippen LogP contribution in [-0.4, -0.2) is 31.8 Å². The van der Waals surface area contributed by atoms with Crippen LogP contribution >= 0.6 is 0 Å². The molecule has 31 heavy (non-hydrogen) atoms. The molecule has 4 N–H and O–H groups in total. The summed E-state index contributed by atoms with van der Waals surface area (Å²) in [7, 11) is 3.75. The summed E-state index contributed by atoms with van der Waals surface area (Å²) in [4.78, 5) is 10.9. The number of rotatable bonds is 7. The molecular weight excluding hydrogens is 397 g/mol. The van der Waals surface area contributed by atoms with Gasteiger partial charge in [-0.05, 0) is 56.4 Å². The van der Waals surface area contributed by atoms with Gasteiger partial charge in [0.05, 0.1) is 6.26 Å². The average molecular weight is 430 g/mol. The predicted molar refractivity (Wildman–Crippen MR) is 123 cm³/mol. The molecule has 0 aliphatic carbocycles. The Balaban J connectivity index is 0.000000884. The summed E-state index contributed by atoms with van der Waals surface area (Å²) in [6.07, 6.45) is 4.86. The number of hydroxylamine groups is 1. The molecule has 3 aromatic rings. The van der Waals surface area contributed by atoms with Gasteiger partial charge in [0.15, 0.2) is 0 Å². The maximum absolute atomic E-state index is 14.0. The number of hydrogen-bond donors (Lipinski definition) is 4. The van der Waals surface area contributed by atoms with Crippen molar-refractivity contribution in [2.75, 3.05) is 20.6 Å². The zero-order valence-electron chi connectivity index (χ0n) is 18.5. The molecule has 1 aromatic heterocycles. The highest BCUT2D eigenvalue weighted by atomic mass is 19.1. The highest BCUT2D eigenvalue weighted by Gasteiger charge is 2.05. The molecule has 0 spiro atoms. The van der Waals surface area contributed by atoms with Crippen molar-refractivity contribution in [3.63, 3.8) is 0 Å². The molecule has 0 saturated heterocycles. The third-order valence-corrected chi connectivity index (χ3v) is 4.05. The minimum Gasteiger partial charge on any atom is -0.464 e. The second kappa shape index (κ2) is 14.9. The van der Waals surface area contributed by atoms with Crippen molar-refractivity contribution >= 4 is 23.0 Å². The maximum Gasteiger partial charge on any atom is 0.267 e. The van der Waals surface area contributed by atoms with Crippen molar-refractivity contribution in [3.8, 4) is 0 Å². The van der Waals surface area contributed by atoms with Gasteiger partial charge in [0.1, 0.15) is 11.4 Å². The average Bonchev–Trinajstić information content (AvgIpc) is 3.27. The third-order valence-electron chi connectivity index (χ3n) is 4.05. The zero-order chi connectivity index (χ0) is 23.1. The lowest BCUT2D eigenvalue weighted by Gasteiger charge is -2.07. The van der Waals surface area contributed by atoms with Gasteiger partial charge in [-0.15, -0.1) is 0 Å².